The molecule has 0 unspecified atom stereocenters. The summed E-state index contributed by atoms with van der Waals surface area (Å²) in [6.45, 7) is 1.78. The number of hydrogen-bond acceptors (Lipinski definition) is 6. The number of nitrogen functional groups attached to an aromatic ring is 1. The lowest BCUT2D eigenvalue weighted by molar-refractivity contribution is -0.145. The molecule has 1 atom stereocenters. The molecule has 1 fully saturated rings. The van der Waals surface area contributed by atoms with Crippen LogP contribution in [-0.4, -0.2) is 50.2 Å². The third-order valence-corrected chi connectivity index (χ3v) is 4.74. The second-order valence-corrected chi connectivity index (χ2v) is 6.61. The smallest absolute Gasteiger partial charge is 0.343 e. The van der Waals surface area contributed by atoms with Crippen molar-refractivity contribution in [3.05, 3.63) is 58.6 Å². The van der Waals surface area contributed by atoms with Crippen molar-refractivity contribution in [1.29, 1.82) is 0 Å². The molecule has 2 aromatic rings. The number of ether oxygens (including phenoxy) is 3. The Balaban J connectivity index is 1.90. The van der Waals surface area contributed by atoms with Crippen LogP contribution in [0.4, 0.5) is 5.69 Å². The molecule has 0 aliphatic carbocycles. The number of esters is 1. The average molecular weight is 405 g/mol. The Morgan fingerprint density at radius 1 is 1.18 bits per heavy atom. The zero-order valence-corrected chi connectivity index (χ0v) is 16.1. The van der Waals surface area contributed by atoms with Crippen molar-refractivity contribution < 1.29 is 23.8 Å². The second-order valence-electron chi connectivity index (χ2n) is 6.21. The highest BCUT2D eigenvalue weighted by molar-refractivity contribution is 6.33. The van der Waals surface area contributed by atoms with Crippen molar-refractivity contribution in [2.45, 2.75) is 6.10 Å². The quantitative estimate of drug-likeness (QED) is 0.608. The number of nitrogens with two attached hydrogens (primary N) is 1. The number of morpholine rings is 1. The molecule has 1 amide bonds. The van der Waals surface area contributed by atoms with Crippen LogP contribution in [0.15, 0.2) is 42.5 Å². The maximum absolute atomic E-state index is 13.1. The van der Waals surface area contributed by atoms with E-state index in [1.807, 2.05) is 6.07 Å². The number of carbonyl (C=O) groups excluding carboxylic acids is 2. The molecule has 0 radical (unpaired) electrons. The lowest BCUT2D eigenvalue weighted by Gasteiger charge is -2.30. The third-order valence-electron chi connectivity index (χ3n) is 4.41. The first-order valence-electron chi connectivity index (χ1n) is 8.76. The van der Waals surface area contributed by atoms with Crippen molar-refractivity contribution in [1.82, 2.24) is 4.90 Å². The van der Waals surface area contributed by atoms with Gasteiger partial charge in [0.25, 0.3) is 5.91 Å². The van der Waals surface area contributed by atoms with Crippen LogP contribution < -0.4 is 10.5 Å². The van der Waals surface area contributed by atoms with E-state index in [4.69, 9.17) is 31.5 Å². The number of carbonyl (C=O) groups is 2. The summed E-state index contributed by atoms with van der Waals surface area (Å²) in [5.74, 6) is -0.810. The minimum atomic E-state index is -1.09. The van der Waals surface area contributed by atoms with Crippen molar-refractivity contribution in [3.8, 4) is 5.75 Å². The average Bonchev–Trinajstić information content (AvgIpc) is 2.74. The predicted octanol–water partition coefficient (Wildman–Crippen LogP) is 2.69. The number of anilines is 1. The fraction of sp³-hybridized carbons (Fsp3) is 0.300. The fourth-order valence-electron chi connectivity index (χ4n) is 2.91. The maximum atomic E-state index is 13.1. The second kappa shape index (κ2) is 8.95. The summed E-state index contributed by atoms with van der Waals surface area (Å²) in [5, 5.41) is 0.198. The summed E-state index contributed by atoms with van der Waals surface area (Å²) < 4.78 is 16.1. The van der Waals surface area contributed by atoms with Gasteiger partial charge in [-0.3, -0.25) is 4.79 Å². The third kappa shape index (κ3) is 4.37. The zero-order valence-electron chi connectivity index (χ0n) is 15.4. The Bertz CT molecular complexity index is 853. The van der Waals surface area contributed by atoms with E-state index in [0.29, 0.717) is 31.9 Å². The monoisotopic (exact) mass is 404 g/mol. The molecule has 0 spiro atoms. The molecule has 7 nitrogen and oxygen atoms in total. The number of methoxy groups -OCH3 is 1. The normalized spacial score (nSPS) is 15.0. The van der Waals surface area contributed by atoms with Crippen LogP contribution in [0.2, 0.25) is 5.02 Å². The van der Waals surface area contributed by atoms with Crippen molar-refractivity contribution in [2.75, 3.05) is 39.1 Å². The van der Waals surface area contributed by atoms with Crippen LogP contribution in [0.5, 0.6) is 5.75 Å². The Morgan fingerprint density at radius 2 is 1.86 bits per heavy atom. The molecule has 1 aliphatic heterocycles. The Kier molecular flexibility index (Phi) is 6.38. The Hall–Kier alpha value is -2.77. The maximum Gasteiger partial charge on any atom is 0.343 e. The summed E-state index contributed by atoms with van der Waals surface area (Å²) in [6.07, 6.45) is -1.09. The molecule has 3 rings (SSSR count). The van der Waals surface area contributed by atoms with E-state index in [2.05, 4.69) is 0 Å². The van der Waals surface area contributed by atoms with Gasteiger partial charge in [0.05, 0.1) is 31.0 Å². The first-order chi connectivity index (χ1) is 13.5. The van der Waals surface area contributed by atoms with Gasteiger partial charge in [-0.05, 0) is 6.07 Å². The van der Waals surface area contributed by atoms with Crippen molar-refractivity contribution in [3.63, 3.8) is 0 Å². The van der Waals surface area contributed by atoms with Gasteiger partial charge in [-0.1, -0.05) is 41.9 Å². The number of amides is 1. The van der Waals surface area contributed by atoms with E-state index in [1.54, 1.807) is 29.2 Å². The zero-order chi connectivity index (χ0) is 20.1. The highest BCUT2D eigenvalue weighted by Crippen LogP contribution is 2.31. The molecule has 8 heteroatoms. The van der Waals surface area contributed by atoms with Gasteiger partial charge in [-0.25, -0.2) is 4.79 Å². The van der Waals surface area contributed by atoms with Crippen LogP contribution in [-0.2, 0) is 14.3 Å². The van der Waals surface area contributed by atoms with E-state index >= 15 is 0 Å². The minimum absolute atomic E-state index is 0.0948. The van der Waals surface area contributed by atoms with Gasteiger partial charge in [0.2, 0.25) is 6.10 Å². The molecule has 0 saturated carbocycles. The molecule has 148 valence electrons. The number of halogens is 1. The minimum Gasteiger partial charge on any atom is -0.496 e. The lowest BCUT2D eigenvalue weighted by atomic mass is 10.1. The van der Waals surface area contributed by atoms with Gasteiger partial charge in [0, 0.05) is 24.7 Å². The van der Waals surface area contributed by atoms with Gasteiger partial charge < -0.3 is 24.8 Å². The number of hydrogen-bond donors (Lipinski definition) is 1. The van der Waals surface area contributed by atoms with E-state index < -0.39 is 12.1 Å². The molecule has 1 heterocycles. The van der Waals surface area contributed by atoms with E-state index in [-0.39, 0.29) is 27.9 Å². The Labute approximate surface area is 167 Å². The molecule has 1 aliphatic rings. The molecule has 1 saturated heterocycles. The van der Waals surface area contributed by atoms with E-state index in [9.17, 15) is 9.59 Å². The first-order valence-corrected chi connectivity index (χ1v) is 9.14. The topological polar surface area (TPSA) is 91.1 Å². The van der Waals surface area contributed by atoms with Crippen LogP contribution >= 0.6 is 11.6 Å². The highest BCUT2D eigenvalue weighted by atomic mass is 35.5. The largest absolute Gasteiger partial charge is 0.496 e. The molecule has 0 bridgehead atoms. The standard InChI is InChI=1S/C20H21ClN2O5/c1-26-17-12-16(22)15(21)11-14(17)20(25)28-18(13-5-3-2-4-6-13)19(24)23-7-9-27-10-8-23/h2-6,11-12,18H,7-10,22H2,1H3/t18-/m0/s1. The number of nitrogens with zero attached hydrogens (tertiary/aromatic N) is 1. The predicted molar refractivity (Wildman–Crippen MR) is 104 cm³/mol. The van der Waals surface area contributed by atoms with E-state index in [0.717, 1.165) is 0 Å². The molecular weight excluding hydrogens is 384 g/mol. The molecular formula is C20H21ClN2O5. The highest BCUT2D eigenvalue weighted by Gasteiger charge is 2.31. The van der Waals surface area contributed by atoms with Crippen molar-refractivity contribution >= 4 is 29.2 Å². The van der Waals surface area contributed by atoms with Crippen LogP contribution in [0, 0.1) is 0 Å². The van der Waals surface area contributed by atoms with Gasteiger partial charge in [-0.2, -0.15) is 0 Å². The fourth-order valence-corrected chi connectivity index (χ4v) is 3.07. The molecule has 28 heavy (non-hydrogen) atoms. The Morgan fingerprint density at radius 3 is 2.50 bits per heavy atom. The summed E-state index contributed by atoms with van der Waals surface area (Å²) in [4.78, 5) is 27.5. The summed E-state index contributed by atoms with van der Waals surface area (Å²) >= 11 is 6.05. The molecule has 0 aromatic heterocycles. The van der Waals surface area contributed by atoms with Gasteiger partial charge >= 0.3 is 5.97 Å². The molecule has 2 aromatic carbocycles. The van der Waals surface area contributed by atoms with Gasteiger partial charge in [0.15, 0.2) is 0 Å². The first kappa shape index (κ1) is 20.0. The summed E-state index contributed by atoms with van der Waals surface area (Å²) in [6, 6.07) is 11.7. The van der Waals surface area contributed by atoms with Crippen LogP contribution in [0.1, 0.15) is 22.0 Å². The number of benzene rings is 2. The van der Waals surface area contributed by atoms with Gasteiger partial charge in [0.1, 0.15) is 11.3 Å². The summed E-state index contributed by atoms with van der Waals surface area (Å²) in [7, 11) is 1.41. The number of rotatable bonds is 5. The molecule has 2 N–H and O–H groups in total. The van der Waals surface area contributed by atoms with Crippen molar-refractivity contribution in [2.24, 2.45) is 0 Å². The summed E-state index contributed by atoms with van der Waals surface area (Å²) in [5.41, 5.74) is 6.72. The van der Waals surface area contributed by atoms with E-state index in [1.165, 1.54) is 19.2 Å². The van der Waals surface area contributed by atoms with Crippen LogP contribution in [0.25, 0.3) is 0 Å². The van der Waals surface area contributed by atoms with Gasteiger partial charge in [-0.15, -0.1) is 0 Å². The lowest BCUT2D eigenvalue weighted by Crippen LogP contribution is -2.44. The van der Waals surface area contributed by atoms with Crippen LogP contribution in [0.3, 0.4) is 0 Å². The SMILES string of the molecule is COc1cc(N)c(Cl)cc1C(=O)O[C@H](C(=O)N1CCOCC1)c1ccccc1.